The highest BCUT2D eigenvalue weighted by molar-refractivity contribution is 6.06. The fourth-order valence-electron chi connectivity index (χ4n) is 5.51. The van der Waals surface area contributed by atoms with Crippen molar-refractivity contribution >= 4 is 49.8 Å². The largest absolute Gasteiger partial charge is 0.456 e. The first-order valence-corrected chi connectivity index (χ1v) is 12.1. The van der Waals surface area contributed by atoms with E-state index in [2.05, 4.69) is 107 Å². The molecule has 0 fully saturated rings. The van der Waals surface area contributed by atoms with E-state index in [0.29, 0.717) is 0 Å². The van der Waals surface area contributed by atoms with E-state index in [0.717, 1.165) is 55.5 Å². The number of furan rings is 1. The second kappa shape index (κ2) is 7.09. The Hall–Kier alpha value is -4.83. The zero-order chi connectivity index (χ0) is 23.8. The van der Waals surface area contributed by atoms with Crippen LogP contribution in [-0.4, -0.2) is 14.0 Å². The number of hydrogen-bond donors (Lipinski definition) is 0. The Morgan fingerprint density at radius 3 is 2.39 bits per heavy atom. The number of fused-ring (bicyclic) bond motifs is 8. The number of para-hydroxylation sites is 3. The van der Waals surface area contributed by atoms with Gasteiger partial charge in [0.15, 0.2) is 0 Å². The van der Waals surface area contributed by atoms with Gasteiger partial charge in [-0.05, 0) is 66.6 Å². The standard InChI is InChI=1S/C32H21N3O/c1-20-7-6-8-21(17-20)22-13-15-28-29(18-22)35-27-11-4-3-10-26(27)33-32(35)34(28)23-14-16-31-25(19-23)24-9-2-5-12-30(24)36-31/h2-19H,1H3. The molecule has 4 nitrogen and oxygen atoms in total. The van der Waals surface area contributed by atoms with Gasteiger partial charge in [-0.3, -0.25) is 8.97 Å². The maximum atomic E-state index is 6.09. The number of rotatable bonds is 2. The first kappa shape index (κ1) is 19.5. The summed E-state index contributed by atoms with van der Waals surface area (Å²) in [6.07, 6.45) is 0. The number of benzene rings is 5. The Bertz CT molecular complexity index is 2120. The van der Waals surface area contributed by atoms with Gasteiger partial charge in [0.05, 0.1) is 27.8 Å². The smallest absolute Gasteiger partial charge is 0.220 e. The summed E-state index contributed by atoms with van der Waals surface area (Å²) in [7, 11) is 0. The third kappa shape index (κ3) is 2.67. The van der Waals surface area contributed by atoms with Crippen molar-refractivity contribution in [3.8, 4) is 16.8 Å². The van der Waals surface area contributed by atoms with Crippen LogP contribution in [0.2, 0.25) is 0 Å². The van der Waals surface area contributed by atoms with E-state index in [1.165, 1.54) is 16.7 Å². The van der Waals surface area contributed by atoms with Crippen LogP contribution in [0.5, 0.6) is 0 Å². The summed E-state index contributed by atoms with van der Waals surface area (Å²) >= 11 is 0. The normalized spacial score (nSPS) is 12.0. The van der Waals surface area contributed by atoms with Gasteiger partial charge in [0.1, 0.15) is 11.2 Å². The lowest BCUT2D eigenvalue weighted by Crippen LogP contribution is -1.94. The lowest BCUT2D eigenvalue weighted by molar-refractivity contribution is 0.669. The van der Waals surface area contributed by atoms with E-state index in [1.54, 1.807) is 0 Å². The van der Waals surface area contributed by atoms with Crippen LogP contribution in [0.25, 0.3) is 66.6 Å². The van der Waals surface area contributed by atoms with Crippen molar-refractivity contribution in [1.29, 1.82) is 0 Å². The molecule has 0 saturated carbocycles. The first-order valence-electron chi connectivity index (χ1n) is 12.1. The van der Waals surface area contributed by atoms with E-state index in [4.69, 9.17) is 9.40 Å². The minimum absolute atomic E-state index is 0.891. The Labute approximate surface area is 206 Å². The van der Waals surface area contributed by atoms with Crippen LogP contribution < -0.4 is 0 Å². The number of aromatic nitrogens is 3. The highest BCUT2D eigenvalue weighted by atomic mass is 16.3. The molecule has 170 valence electrons. The minimum Gasteiger partial charge on any atom is -0.456 e. The molecule has 0 N–H and O–H groups in total. The highest BCUT2D eigenvalue weighted by Crippen LogP contribution is 2.35. The van der Waals surface area contributed by atoms with Gasteiger partial charge in [-0.25, -0.2) is 4.98 Å². The fraction of sp³-hybridized carbons (Fsp3) is 0.0312. The second-order valence-electron chi connectivity index (χ2n) is 9.42. The molecule has 0 radical (unpaired) electrons. The van der Waals surface area contributed by atoms with Gasteiger partial charge in [-0.2, -0.15) is 0 Å². The average molecular weight is 464 g/mol. The summed E-state index contributed by atoms with van der Waals surface area (Å²) in [4.78, 5) is 5.08. The van der Waals surface area contributed by atoms with Crippen LogP contribution in [0.1, 0.15) is 5.56 Å². The molecule has 3 aromatic heterocycles. The predicted octanol–water partition coefficient (Wildman–Crippen LogP) is 8.31. The van der Waals surface area contributed by atoms with Crippen molar-refractivity contribution in [2.75, 3.05) is 0 Å². The molecular weight excluding hydrogens is 442 g/mol. The lowest BCUT2D eigenvalue weighted by Gasteiger charge is -2.07. The van der Waals surface area contributed by atoms with E-state index in [1.807, 2.05) is 18.2 Å². The molecule has 0 aliphatic carbocycles. The fourth-order valence-corrected chi connectivity index (χ4v) is 5.51. The molecule has 5 aromatic carbocycles. The Kier molecular flexibility index (Phi) is 3.84. The van der Waals surface area contributed by atoms with Crippen LogP contribution in [0.4, 0.5) is 0 Å². The van der Waals surface area contributed by atoms with E-state index >= 15 is 0 Å². The Morgan fingerprint density at radius 2 is 1.44 bits per heavy atom. The molecular formula is C32H21N3O. The molecule has 8 aromatic rings. The summed E-state index contributed by atoms with van der Waals surface area (Å²) in [5, 5.41) is 2.23. The van der Waals surface area contributed by atoms with Crippen LogP contribution in [0.15, 0.2) is 114 Å². The van der Waals surface area contributed by atoms with Gasteiger partial charge in [0, 0.05) is 10.8 Å². The summed E-state index contributed by atoms with van der Waals surface area (Å²) in [5.74, 6) is 0.903. The van der Waals surface area contributed by atoms with Gasteiger partial charge in [0.25, 0.3) is 0 Å². The van der Waals surface area contributed by atoms with Gasteiger partial charge in [-0.15, -0.1) is 0 Å². The highest BCUT2D eigenvalue weighted by Gasteiger charge is 2.19. The zero-order valence-corrected chi connectivity index (χ0v) is 19.6. The van der Waals surface area contributed by atoms with Gasteiger partial charge >= 0.3 is 0 Å². The molecule has 4 heteroatoms. The molecule has 36 heavy (non-hydrogen) atoms. The minimum atomic E-state index is 0.891. The monoisotopic (exact) mass is 463 g/mol. The zero-order valence-electron chi connectivity index (χ0n) is 19.6. The summed E-state index contributed by atoms with van der Waals surface area (Å²) in [6.45, 7) is 2.13. The SMILES string of the molecule is Cc1cccc(-c2ccc3c(c2)n2c4ccccc4nc2n3-c2ccc3oc4ccccc4c3c2)c1. The van der Waals surface area contributed by atoms with Crippen LogP contribution in [0.3, 0.4) is 0 Å². The third-order valence-corrected chi connectivity index (χ3v) is 7.17. The van der Waals surface area contributed by atoms with Gasteiger partial charge < -0.3 is 4.42 Å². The molecule has 0 unspecified atom stereocenters. The molecule has 3 heterocycles. The van der Waals surface area contributed by atoms with Crippen LogP contribution in [0, 0.1) is 6.92 Å². The first-order chi connectivity index (χ1) is 17.7. The second-order valence-corrected chi connectivity index (χ2v) is 9.42. The number of aryl methyl sites for hydroxylation is 1. The topological polar surface area (TPSA) is 35.4 Å². The van der Waals surface area contributed by atoms with E-state index in [9.17, 15) is 0 Å². The van der Waals surface area contributed by atoms with E-state index < -0.39 is 0 Å². The predicted molar refractivity (Wildman–Crippen MR) is 147 cm³/mol. The third-order valence-electron chi connectivity index (χ3n) is 7.17. The lowest BCUT2D eigenvalue weighted by atomic mass is 10.0. The van der Waals surface area contributed by atoms with Gasteiger partial charge in [0.2, 0.25) is 5.78 Å². The van der Waals surface area contributed by atoms with Crippen molar-refractivity contribution in [3.05, 3.63) is 115 Å². The molecule has 0 bridgehead atoms. The molecule has 0 aliphatic heterocycles. The molecule has 0 saturated heterocycles. The molecule has 8 rings (SSSR count). The Morgan fingerprint density at radius 1 is 0.611 bits per heavy atom. The number of nitrogens with zero attached hydrogens (tertiary/aromatic N) is 3. The van der Waals surface area contributed by atoms with Crippen LogP contribution in [-0.2, 0) is 0 Å². The van der Waals surface area contributed by atoms with Crippen molar-refractivity contribution in [2.24, 2.45) is 0 Å². The Balaban J connectivity index is 1.47. The maximum Gasteiger partial charge on any atom is 0.220 e. The maximum absolute atomic E-state index is 6.09. The quantitative estimate of drug-likeness (QED) is 0.258. The molecule has 0 atom stereocenters. The average Bonchev–Trinajstić information content (AvgIpc) is 3.56. The van der Waals surface area contributed by atoms with E-state index in [-0.39, 0.29) is 0 Å². The number of hydrogen-bond acceptors (Lipinski definition) is 2. The molecule has 0 amide bonds. The van der Waals surface area contributed by atoms with Crippen molar-refractivity contribution in [3.63, 3.8) is 0 Å². The molecule has 0 spiro atoms. The number of imidazole rings is 2. The molecule has 0 aliphatic rings. The van der Waals surface area contributed by atoms with Gasteiger partial charge in [-0.1, -0.05) is 66.2 Å². The van der Waals surface area contributed by atoms with Crippen LogP contribution >= 0.6 is 0 Å². The summed E-state index contributed by atoms with van der Waals surface area (Å²) in [6, 6.07) is 38.3. The summed E-state index contributed by atoms with van der Waals surface area (Å²) < 4.78 is 10.6. The van der Waals surface area contributed by atoms with Crippen molar-refractivity contribution < 1.29 is 4.42 Å². The summed E-state index contributed by atoms with van der Waals surface area (Å²) in [5.41, 5.74) is 10.9. The van der Waals surface area contributed by atoms with Crippen molar-refractivity contribution in [1.82, 2.24) is 14.0 Å². The van der Waals surface area contributed by atoms with Crippen molar-refractivity contribution in [2.45, 2.75) is 6.92 Å².